The van der Waals surface area contributed by atoms with E-state index in [1.165, 1.54) is 22.9 Å². The normalized spacial score (nSPS) is 9.53. The number of hydrogen-bond donors (Lipinski definition) is 1. The van der Waals surface area contributed by atoms with Crippen molar-refractivity contribution in [1.29, 1.82) is 0 Å². The van der Waals surface area contributed by atoms with Crippen molar-refractivity contribution in [1.82, 2.24) is 4.57 Å². The number of hydrogen-bond acceptors (Lipinski definition) is 2. The number of carboxylic acid groups (broad SMARTS) is 1. The van der Waals surface area contributed by atoms with E-state index < -0.39 is 5.97 Å². The van der Waals surface area contributed by atoms with Gasteiger partial charge in [-0.25, -0.2) is 4.79 Å². The molecule has 0 fully saturated rings. The predicted octanol–water partition coefficient (Wildman–Crippen LogP) is 0.960. The summed E-state index contributed by atoms with van der Waals surface area (Å²) >= 11 is 0. The van der Waals surface area contributed by atoms with Crippen molar-refractivity contribution in [2.24, 2.45) is 0 Å². The summed E-state index contributed by atoms with van der Waals surface area (Å²) in [6, 6.07) is 2.54. The zero-order valence-electron chi connectivity index (χ0n) is 8.14. The minimum atomic E-state index is -1.04. The Balaban J connectivity index is 2.87. The lowest BCUT2D eigenvalue weighted by atomic mass is 10.2. The number of pyridine rings is 1. The van der Waals surface area contributed by atoms with Crippen LogP contribution in [0.4, 0.5) is 0 Å². The maximum absolute atomic E-state index is 11.3. The van der Waals surface area contributed by atoms with Crippen molar-refractivity contribution in [3.63, 3.8) is 0 Å². The Morgan fingerprint density at radius 1 is 1.53 bits per heavy atom. The van der Waals surface area contributed by atoms with E-state index in [9.17, 15) is 9.59 Å². The SMILES string of the molecule is C#CCCCn1cc(C(=O)O)ccc1=O. The number of carbonyl (C=O) groups is 1. The van der Waals surface area contributed by atoms with Gasteiger partial charge in [-0.2, -0.15) is 0 Å². The first kappa shape index (κ1) is 11.1. The molecule has 0 aromatic carbocycles. The molecule has 1 aromatic heterocycles. The number of aryl methyl sites for hydroxylation is 1. The molecule has 1 N–H and O–H groups in total. The zero-order chi connectivity index (χ0) is 11.3. The molecule has 0 spiro atoms. The Morgan fingerprint density at radius 3 is 2.87 bits per heavy atom. The maximum atomic E-state index is 11.3. The van der Waals surface area contributed by atoms with Gasteiger partial charge < -0.3 is 9.67 Å². The molecule has 0 amide bonds. The van der Waals surface area contributed by atoms with Crippen LogP contribution in [0.2, 0.25) is 0 Å². The third kappa shape index (κ3) is 2.99. The molecule has 0 saturated heterocycles. The minimum absolute atomic E-state index is 0.107. The van der Waals surface area contributed by atoms with Crippen molar-refractivity contribution in [3.8, 4) is 12.3 Å². The van der Waals surface area contributed by atoms with Gasteiger partial charge in [0.1, 0.15) is 0 Å². The van der Waals surface area contributed by atoms with Gasteiger partial charge in [0.05, 0.1) is 5.56 Å². The Hall–Kier alpha value is -2.02. The summed E-state index contributed by atoms with van der Waals surface area (Å²) in [4.78, 5) is 22.0. The first-order valence-electron chi connectivity index (χ1n) is 4.52. The number of terminal acetylenes is 1. The van der Waals surface area contributed by atoms with E-state index in [0.29, 0.717) is 19.4 Å². The molecular formula is C11H11NO3. The van der Waals surface area contributed by atoms with Crippen LogP contribution >= 0.6 is 0 Å². The lowest BCUT2D eigenvalue weighted by Crippen LogP contribution is -2.20. The summed E-state index contributed by atoms with van der Waals surface area (Å²) in [6.45, 7) is 0.449. The predicted molar refractivity (Wildman–Crippen MR) is 55.7 cm³/mol. The van der Waals surface area contributed by atoms with Crippen LogP contribution in [0.5, 0.6) is 0 Å². The molecule has 0 saturated carbocycles. The van der Waals surface area contributed by atoms with Gasteiger partial charge in [-0.1, -0.05) is 0 Å². The van der Waals surface area contributed by atoms with Crippen LogP contribution in [0, 0.1) is 12.3 Å². The van der Waals surface area contributed by atoms with Gasteiger partial charge in [-0.15, -0.1) is 12.3 Å². The van der Waals surface area contributed by atoms with Gasteiger partial charge in [0.15, 0.2) is 0 Å². The molecule has 1 heterocycles. The quantitative estimate of drug-likeness (QED) is 0.588. The van der Waals surface area contributed by atoms with Crippen LogP contribution in [-0.4, -0.2) is 15.6 Å². The Labute approximate surface area is 87.2 Å². The second kappa shape index (κ2) is 5.01. The highest BCUT2D eigenvalue weighted by Gasteiger charge is 2.04. The fourth-order valence-corrected chi connectivity index (χ4v) is 1.18. The van der Waals surface area contributed by atoms with Gasteiger partial charge in [0.2, 0.25) is 0 Å². The molecule has 1 rings (SSSR count). The standard InChI is InChI=1S/C11H11NO3/c1-2-3-4-7-12-8-9(11(14)15)5-6-10(12)13/h1,5-6,8H,3-4,7H2,(H,14,15). The summed E-state index contributed by atoms with van der Waals surface area (Å²) in [5.41, 5.74) is -0.104. The Kier molecular flexibility index (Phi) is 3.69. The summed E-state index contributed by atoms with van der Waals surface area (Å²) in [5, 5.41) is 8.72. The van der Waals surface area contributed by atoms with E-state index in [1.807, 2.05) is 0 Å². The summed E-state index contributed by atoms with van der Waals surface area (Å²) in [6.07, 6.45) is 7.65. The summed E-state index contributed by atoms with van der Waals surface area (Å²) in [7, 11) is 0. The van der Waals surface area contributed by atoms with Crippen LogP contribution in [0.25, 0.3) is 0 Å². The molecule has 0 aliphatic carbocycles. The number of aromatic carboxylic acids is 1. The van der Waals surface area contributed by atoms with E-state index in [4.69, 9.17) is 11.5 Å². The molecule has 0 unspecified atom stereocenters. The van der Waals surface area contributed by atoms with Gasteiger partial charge in [0, 0.05) is 25.2 Å². The van der Waals surface area contributed by atoms with E-state index in [1.54, 1.807) is 0 Å². The molecule has 78 valence electrons. The first-order chi connectivity index (χ1) is 7.15. The first-order valence-corrected chi connectivity index (χ1v) is 4.52. The van der Waals surface area contributed by atoms with Gasteiger partial charge in [0.25, 0.3) is 5.56 Å². The van der Waals surface area contributed by atoms with Crippen LogP contribution in [0.1, 0.15) is 23.2 Å². The second-order valence-electron chi connectivity index (χ2n) is 3.06. The highest BCUT2D eigenvalue weighted by Crippen LogP contribution is 1.97. The molecule has 4 heteroatoms. The monoisotopic (exact) mass is 205 g/mol. The van der Waals surface area contributed by atoms with Crippen LogP contribution < -0.4 is 5.56 Å². The lowest BCUT2D eigenvalue weighted by molar-refractivity contribution is 0.0696. The summed E-state index contributed by atoms with van der Waals surface area (Å²) in [5.74, 6) is 1.42. The number of aromatic nitrogens is 1. The molecule has 0 atom stereocenters. The van der Waals surface area contributed by atoms with Crippen molar-refractivity contribution < 1.29 is 9.90 Å². The van der Waals surface area contributed by atoms with Crippen molar-refractivity contribution >= 4 is 5.97 Å². The minimum Gasteiger partial charge on any atom is -0.478 e. The third-order valence-corrected chi connectivity index (χ3v) is 1.95. The van der Waals surface area contributed by atoms with Crippen molar-refractivity contribution in [3.05, 3.63) is 34.2 Å². The molecule has 0 radical (unpaired) electrons. The molecular weight excluding hydrogens is 194 g/mol. The average Bonchev–Trinajstić information content (AvgIpc) is 2.20. The molecule has 4 nitrogen and oxygen atoms in total. The number of unbranched alkanes of at least 4 members (excludes halogenated alkanes) is 1. The van der Waals surface area contributed by atoms with Gasteiger partial charge in [-0.05, 0) is 12.5 Å². The topological polar surface area (TPSA) is 59.3 Å². The van der Waals surface area contributed by atoms with E-state index in [2.05, 4.69) is 5.92 Å². The smallest absolute Gasteiger partial charge is 0.337 e. The van der Waals surface area contributed by atoms with Crippen LogP contribution in [-0.2, 0) is 6.54 Å². The van der Waals surface area contributed by atoms with Gasteiger partial charge in [-0.3, -0.25) is 4.79 Å². The van der Waals surface area contributed by atoms with E-state index in [-0.39, 0.29) is 11.1 Å². The highest BCUT2D eigenvalue weighted by molar-refractivity contribution is 5.87. The molecule has 0 aliphatic rings. The fourth-order valence-electron chi connectivity index (χ4n) is 1.18. The lowest BCUT2D eigenvalue weighted by Gasteiger charge is -2.04. The molecule has 15 heavy (non-hydrogen) atoms. The number of nitrogens with zero attached hydrogens (tertiary/aromatic N) is 1. The third-order valence-electron chi connectivity index (χ3n) is 1.95. The average molecular weight is 205 g/mol. The number of carboxylic acids is 1. The second-order valence-corrected chi connectivity index (χ2v) is 3.06. The number of rotatable bonds is 4. The molecule has 0 bridgehead atoms. The van der Waals surface area contributed by atoms with Crippen molar-refractivity contribution in [2.75, 3.05) is 0 Å². The fraction of sp³-hybridized carbons (Fsp3) is 0.273. The van der Waals surface area contributed by atoms with Crippen molar-refractivity contribution in [2.45, 2.75) is 19.4 Å². The largest absolute Gasteiger partial charge is 0.478 e. The Morgan fingerprint density at radius 2 is 2.27 bits per heavy atom. The van der Waals surface area contributed by atoms with Crippen LogP contribution in [0.3, 0.4) is 0 Å². The highest BCUT2D eigenvalue weighted by atomic mass is 16.4. The van der Waals surface area contributed by atoms with Crippen LogP contribution in [0.15, 0.2) is 23.1 Å². The summed E-state index contributed by atoms with van der Waals surface area (Å²) < 4.78 is 1.36. The zero-order valence-corrected chi connectivity index (χ0v) is 8.14. The van der Waals surface area contributed by atoms with E-state index in [0.717, 1.165) is 0 Å². The van der Waals surface area contributed by atoms with E-state index >= 15 is 0 Å². The molecule has 1 aromatic rings. The maximum Gasteiger partial charge on any atom is 0.337 e. The van der Waals surface area contributed by atoms with Gasteiger partial charge >= 0.3 is 5.97 Å². The Bertz CT molecular complexity index is 454. The molecule has 0 aliphatic heterocycles.